The molecule has 1 N–H and O–H groups in total. The first-order valence-electron chi connectivity index (χ1n) is 6.29. The number of nitrogens with one attached hydrogen (secondary N) is 1. The lowest BCUT2D eigenvalue weighted by Gasteiger charge is -2.22. The van der Waals surface area contributed by atoms with Gasteiger partial charge >= 0.3 is 0 Å². The number of hydrogen-bond donors (Lipinski definition) is 1. The molecule has 0 spiro atoms. The molecule has 7 nitrogen and oxygen atoms in total. The number of aromatic nitrogens is 5. The fourth-order valence-electron chi connectivity index (χ4n) is 2.25. The summed E-state index contributed by atoms with van der Waals surface area (Å²) >= 11 is 0. The van der Waals surface area contributed by atoms with Gasteiger partial charge in [-0.1, -0.05) is 0 Å². The number of ether oxygens (including phenoxy) is 1. The predicted molar refractivity (Wildman–Crippen MR) is 64.3 cm³/mol. The van der Waals surface area contributed by atoms with Crippen LogP contribution in [0.25, 0.3) is 5.65 Å². The van der Waals surface area contributed by atoms with Crippen LogP contribution in [0.15, 0.2) is 12.4 Å². The van der Waals surface area contributed by atoms with Crippen molar-refractivity contribution in [2.24, 2.45) is 5.92 Å². The Bertz CT molecular complexity index is 507. The summed E-state index contributed by atoms with van der Waals surface area (Å²) in [5, 5.41) is 14.7. The molecule has 1 atom stereocenters. The van der Waals surface area contributed by atoms with E-state index in [4.69, 9.17) is 4.74 Å². The molecular weight excluding hydrogens is 232 g/mol. The second-order valence-electron chi connectivity index (χ2n) is 4.54. The zero-order valence-corrected chi connectivity index (χ0v) is 10.1. The van der Waals surface area contributed by atoms with Gasteiger partial charge in [0.15, 0.2) is 0 Å². The minimum absolute atomic E-state index is 0.598. The number of nitrogens with zero attached hydrogens (tertiary/aromatic N) is 5. The monoisotopic (exact) mass is 248 g/mol. The molecule has 0 aromatic carbocycles. The molecular formula is C11H16N6O. The Morgan fingerprint density at radius 3 is 3.33 bits per heavy atom. The van der Waals surface area contributed by atoms with Crippen molar-refractivity contribution in [3.8, 4) is 5.88 Å². The van der Waals surface area contributed by atoms with E-state index in [9.17, 15) is 0 Å². The highest BCUT2D eigenvalue weighted by atomic mass is 16.5. The van der Waals surface area contributed by atoms with Gasteiger partial charge < -0.3 is 10.1 Å². The maximum Gasteiger partial charge on any atom is 0.237 e. The third-order valence-corrected chi connectivity index (χ3v) is 3.25. The van der Waals surface area contributed by atoms with Gasteiger partial charge in [-0.3, -0.25) is 4.98 Å². The van der Waals surface area contributed by atoms with Crippen LogP contribution in [-0.2, 0) is 0 Å². The average molecular weight is 248 g/mol. The number of hydrogen-bond acceptors (Lipinski definition) is 6. The summed E-state index contributed by atoms with van der Waals surface area (Å²) in [6, 6.07) is 0. The van der Waals surface area contributed by atoms with Crippen LogP contribution < -0.4 is 10.1 Å². The molecule has 1 unspecified atom stereocenters. The first-order chi connectivity index (χ1) is 8.93. The summed E-state index contributed by atoms with van der Waals surface area (Å²) in [6.07, 6.45) is 6.84. The number of piperidine rings is 1. The van der Waals surface area contributed by atoms with E-state index >= 15 is 0 Å². The van der Waals surface area contributed by atoms with E-state index in [0.29, 0.717) is 24.1 Å². The Kier molecular flexibility index (Phi) is 3.31. The minimum Gasteiger partial charge on any atom is -0.476 e. The molecule has 1 fully saturated rings. The topological polar surface area (TPSA) is 77.2 Å². The van der Waals surface area contributed by atoms with Crippen LogP contribution in [0.5, 0.6) is 5.88 Å². The molecule has 0 saturated carbocycles. The van der Waals surface area contributed by atoms with E-state index < -0.39 is 0 Å². The van der Waals surface area contributed by atoms with Crippen molar-refractivity contribution >= 4 is 5.65 Å². The zero-order chi connectivity index (χ0) is 12.2. The SMILES string of the molecule is c1ncc2nnnn2c1OCCC1CCCNC1. The lowest BCUT2D eigenvalue weighted by Crippen LogP contribution is -2.30. The molecule has 1 saturated heterocycles. The molecule has 2 aromatic heterocycles. The van der Waals surface area contributed by atoms with Gasteiger partial charge in [-0.2, -0.15) is 4.52 Å². The standard InChI is InChI=1S/C11H16N6O/c1-2-9(6-12-4-1)3-5-18-11-8-13-7-10-14-15-16-17(10)11/h7-9,12H,1-6H2. The van der Waals surface area contributed by atoms with Crippen molar-refractivity contribution in [2.45, 2.75) is 19.3 Å². The molecule has 0 bridgehead atoms. The van der Waals surface area contributed by atoms with Gasteiger partial charge in [0, 0.05) is 0 Å². The predicted octanol–water partition coefficient (Wildman–Crippen LogP) is 0.288. The second kappa shape index (κ2) is 5.26. The molecule has 1 aliphatic heterocycles. The Morgan fingerprint density at radius 2 is 2.44 bits per heavy atom. The molecule has 7 heteroatoms. The van der Waals surface area contributed by atoms with Crippen LogP contribution in [0, 0.1) is 5.92 Å². The maximum atomic E-state index is 5.71. The van der Waals surface area contributed by atoms with E-state index in [1.54, 1.807) is 16.9 Å². The van der Waals surface area contributed by atoms with Crippen LogP contribution in [-0.4, -0.2) is 44.7 Å². The molecule has 2 aromatic rings. The van der Waals surface area contributed by atoms with Crippen LogP contribution in [0.4, 0.5) is 0 Å². The van der Waals surface area contributed by atoms with Crippen LogP contribution in [0.1, 0.15) is 19.3 Å². The second-order valence-corrected chi connectivity index (χ2v) is 4.54. The van der Waals surface area contributed by atoms with Gasteiger partial charge in [-0.05, 0) is 48.7 Å². The van der Waals surface area contributed by atoms with E-state index in [1.807, 2.05) is 0 Å². The van der Waals surface area contributed by atoms with Gasteiger partial charge in [-0.15, -0.1) is 5.10 Å². The third-order valence-electron chi connectivity index (χ3n) is 3.25. The van der Waals surface area contributed by atoms with Crippen LogP contribution in [0.3, 0.4) is 0 Å². The van der Waals surface area contributed by atoms with Crippen molar-refractivity contribution in [2.75, 3.05) is 19.7 Å². The molecule has 0 amide bonds. The fraction of sp³-hybridized carbons (Fsp3) is 0.636. The molecule has 18 heavy (non-hydrogen) atoms. The molecule has 0 radical (unpaired) electrons. The average Bonchev–Trinajstić information content (AvgIpc) is 2.89. The van der Waals surface area contributed by atoms with Crippen molar-refractivity contribution in [1.82, 2.24) is 30.3 Å². The van der Waals surface area contributed by atoms with Crippen molar-refractivity contribution in [1.29, 1.82) is 0 Å². The fourth-order valence-corrected chi connectivity index (χ4v) is 2.25. The van der Waals surface area contributed by atoms with Gasteiger partial charge in [0.1, 0.15) is 0 Å². The zero-order valence-electron chi connectivity index (χ0n) is 10.1. The Morgan fingerprint density at radius 1 is 1.44 bits per heavy atom. The minimum atomic E-state index is 0.598. The summed E-state index contributed by atoms with van der Waals surface area (Å²) in [5.41, 5.74) is 0.604. The summed E-state index contributed by atoms with van der Waals surface area (Å²) in [5.74, 6) is 1.31. The Hall–Kier alpha value is -1.76. The van der Waals surface area contributed by atoms with Crippen molar-refractivity contribution in [3.05, 3.63) is 12.4 Å². The summed E-state index contributed by atoms with van der Waals surface area (Å²) in [4.78, 5) is 4.05. The smallest absolute Gasteiger partial charge is 0.237 e. The molecule has 0 aliphatic carbocycles. The van der Waals surface area contributed by atoms with Gasteiger partial charge in [0.2, 0.25) is 11.5 Å². The summed E-state index contributed by atoms with van der Waals surface area (Å²) in [6.45, 7) is 2.91. The normalized spacial score (nSPS) is 20.1. The third kappa shape index (κ3) is 2.40. The van der Waals surface area contributed by atoms with E-state index in [2.05, 4.69) is 25.8 Å². The van der Waals surface area contributed by atoms with Gasteiger partial charge in [-0.25, -0.2) is 0 Å². The number of fused-ring (bicyclic) bond motifs is 1. The number of tetrazole rings is 1. The molecule has 3 heterocycles. The largest absolute Gasteiger partial charge is 0.476 e. The first kappa shape index (κ1) is 11.3. The first-order valence-corrected chi connectivity index (χ1v) is 6.29. The lowest BCUT2D eigenvalue weighted by atomic mass is 9.97. The van der Waals surface area contributed by atoms with Crippen molar-refractivity contribution < 1.29 is 4.74 Å². The lowest BCUT2D eigenvalue weighted by molar-refractivity contribution is 0.242. The van der Waals surface area contributed by atoms with Gasteiger partial charge in [0.25, 0.3) is 0 Å². The van der Waals surface area contributed by atoms with Crippen molar-refractivity contribution in [3.63, 3.8) is 0 Å². The quantitative estimate of drug-likeness (QED) is 0.838. The summed E-state index contributed by atoms with van der Waals surface area (Å²) in [7, 11) is 0. The van der Waals surface area contributed by atoms with E-state index in [0.717, 1.165) is 19.5 Å². The summed E-state index contributed by atoms with van der Waals surface area (Å²) < 4.78 is 7.27. The Labute approximate surface area is 105 Å². The Balaban J connectivity index is 1.57. The van der Waals surface area contributed by atoms with E-state index in [-0.39, 0.29) is 0 Å². The van der Waals surface area contributed by atoms with Crippen LogP contribution >= 0.6 is 0 Å². The molecule has 1 aliphatic rings. The van der Waals surface area contributed by atoms with E-state index in [1.165, 1.54) is 12.8 Å². The molecule has 3 rings (SSSR count). The highest BCUT2D eigenvalue weighted by Crippen LogP contribution is 2.15. The van der Waals surface area contributed by atoms with Gasteiger partial charge in [0.05, 0.1) is 19.0 Å². The molecule has 96 valence electrons. The number of rotatable bonds is 4. The highest BCUT2D eigenvalue weighted by molar-refractivity contribution is 5.34. The maximum absolute atomic E-state index is 5.71. The van der Waals surface area contributed by atoms with Crippen LogP contribution in [0.2, 0.25) is 0 Å². The highest BCUT2D eigenvalue weighted by Gasteiger charge is 2.13.